The van der Waals surface area contributed by atoms with Gasteiger partial charge in [-0.05, 0) is 39.5 Å². The van der Waals surface area contributed by atoms with Gasteiger partial charge in [-0.1, -0.05) is 5.16 Å². The Morgan fingerprint density at radius 3 is 2.82 bits per heavy atom. The maximum atomic E-state index is 12.9. The number of nitrogens with zero attached hydrogens (tertiary/aromatic N) is 4. The lowest BCUT2D eigenvalue weighted by Gasteiger charge is -2.31. The second kappa shape index (κ2) is 6.32. The van der Waals surface area contributed by atoms with Gasteiger partial charge in [0.1, 0.15) is 5.76 Å². The predicted octanol–water partition coefficient (Wildman–Crippen LogP) is 2.52. The van der Waals surface area contributed by atoms with Crippen molar-refractivity contribution in [3.63, 3.8) is 0 Å². The lowest BCUT2D eigenvalue weighted by atomic mass is 9.94. The summed E-state index contributed by atoms with van der Waals surface area (Å²) in [5.41, 5.74) is 3.26. The van der Waals surface area contributed by atoms with Gasteiger partial charge in [-0.15, -0.1) is 0 Å². The molecule has 3 aromatic rings. The van der Waals surface area contributed by atoms with E-state index >= 15 is 0 Å². The Hall–Kier alpha value is -2.90. The van der Waals surface area contributed by atoms with Crippen LogP contribution in [-0.2, 0) is 0 Å². The first-order chi connectivity index (χ1) is 13.5. The van der Waals surface area contributed by atoms with Crippen molar-refractivity contribution in [2.45, 2.75) is 51.4 Å². The van der Waals surface area contributed by atoms with Crippen molar-refractivity contribution < 1.29 is 9.32 Å². The number of H-pyrrole nitrogens is 1. The largest absolute Gasteiger partial charge is 0.360 e. The monoisotopic (exact) mass is 381 g/mol. The summed E-state index contributed by atoms with van der Waals surface area (Å²) in [4.78, 5) is 31.7. The number of hydrogen-bond acceptors (Lipinski definition) is 5. The van der Waals surface area contributed by atoms with Crippen LogP contribution in [0.5, 0.6) is 0 Å². The molecule has 0 bridgehead atoms. The van der Waals surface area contributed by atoms with E-state index in [-0.39, 0.29) is 17.4 Å². The Kier molecular flexibility index (Phi) is 3.89. The van der Waals surface area contributed by atoms with Crippen molar-refractivity contribution >= 4 is 11.6 Å². The van der Waals surface area contributed by atoms with E-state index in [9.17, 15) is 9.59 Å². The second-order valence-electron chi connectivity index (χ2n) is 8.01. The maximum absolute atomic E-state index is 12.9. The first kappa shape index (κ1) is 17.2. The number of amides is 1. The lowest BCUT2D eigenvalue weighted by Crippen LogP contribution is -2.39. The van der Waals surface area contributed by atoms with E-state index in [1.165, 1.54) is 4.52 Å². The van der Waals surface area contributed by atoms with Gasteiger partial charge in [-0.2, -0.15) is 0 Å². The molecule has 146 valence electrons. The van der Waals surface area contributed by atoms with Gasteiger partial charge in [0, 0.05) is 54.0 Å². The van der Waals surface area contributed by atoms with Gasteiger partial charge in [-0.25, -0.2) is 9.50 Å². The molecule has 1 saturated carbocycles. The minimum atomic E-state index is -0.0848. The molecular weight excluding hydrogens is 358 g/mol. The molecule has 8 nitrogen and oxygen atoms in total. The number of aromatic amines is 1. The molecule has 3 aromatic heterocycles. The van der Waals surface area contributed by atoms with E-state index < -0.39 is 0 Å². The molecule has 0 radical (unpaired) electrons. The maximum Gasteiger partial charge on any atom is 0.276 e. The number of nitrogens with one attached hydrogen (secondary N) is 1. The first-order valence-electron chi connectivity index (χ1n) is 9.86. The number of rotatable bonds is 3. The Bertz CT molecular complexity index is 1120. The van der Waals surface area contributed by atoms with Gasteiger partial charge in [-0.3, -0.25) is 14.7 Å². The molecule has 1 aliphatic heterocycles. The number of aryl methyl sites for hydroxylation is 1. The Morgan fingerprint density at radius 2 is 2.04 bits per heavy atom. The Balaban J connectivity index is 1.39. The molecule has 8 heteroatoms. The molecular formula is C20H23N5O3. The average molecular weight is 381 g/mol. The molecule has 1 saturated heterocycles. The van der Waals surface area contributed by atoms with Gasteiger partial charge >= 0.3 is 0 Å². The highest BCUT2D eigenvalue weighted by molar-refractivity contribution is 5.92. The minimum absolute atomic E-state index is 0.0762. The van der Waals surface area contributed by atoms with E-state index in [0.717, 1.165) is 42.8 Å². The van der Waals surface area contributed by atoms with Crippen LogP contribution in [0, 0.1) is 13.8 Å². The lowest BCUT2D eigenvalue weighted by molar-refractivity contribution is 0.0695. The molecule has 1 aliphatic carbocycles. The van der Waals surface area contributed by atoms with Crippen LogP contribution in [0.2, 0.25) is 0 Å². The van der Waals surface area contributed by atoms with Gasteiger partial charge in [0.15, 0.2) is 11.3 Å². The fourth-order valence-electron chi connectivity index (χ4n) is 3.97. The van der Waals surface area contributed by atoms with Crippen LogP contribution in [0.25, 0.3) is 5.65 Å². The number of carbonyl (C=O) groups excluding carboxylic acids is 1. The highest BCUT2D eigenvalue weighted by atomic mass is 16.5. The van der Waals surface area contributed by atoms with Gasteiger partial charge in [0.2, 0.25) is 0 Å². The van der Waals surface area contributed by atoms with Crippen LogP contribution < -0.4 is 5.56 Å². The molecule has 4 heterocycles. The van der Waals surface area contributed by atoms with Crippen molar-refractivity contribution in [2.24, 2.45) is 0 Å². The van der Waals surface area contributed by atoms with Crippen LogP contribution in [0.4, 0.5) is 0 Å². The van der Waals surface area contributed by atoms with Crippen LogP contribution in [-0.4, -0.2) is 43.7 Å². The highest BCUT2D eigenvalue weighted by Crippen LogP contribution is 2.40. The van der Waals surface area contributed by atoms with Crippen LogP contribution in [0.15, 0.2) is 21.5 Å². The molecule has 1 N–H and O–H groups in total. The summed E-state index contributed by atoms with van der Waals surface area (Å²) in [5, 5.41) is 7.18. The second-order valence-corrected chi connectivity index (χ2v) is 8.01. The summed E-state index contributed by atoms with van der Waals surface area (Å²) in [6.45, 7) is 4.92. The summed E-state index contributed by atoms with van der Waals surface area (Å²) >= 11 is 0. The molecule has 2 fully saturated rings. The van der Waals surface area contributed by atoms with E-state index in [1.54, 1.807) is 13.0 Å². The third kappa shape index (κ3) is 2.83. The third-order valence-corrected chi connectivity index (χ3v) is 5.98. The third-order valence-electron chi connectivity index (χ3n) is 5.98. The predicted molar refractivity (Wildman–Crippen MR) is 102 cm³/mol. The van der Waals surface area contributed by atoms with Crippen molar-refractivity contribution in [1.29, 1.82) is 0 Å². The fraction of sp³-hybridized carbons (Fsp3) is 0.500. The molecule has 1 atom stereocenters. The number of likely N-dealkylation sites (tertiary alicyclic amines) is 1. The van der Waals surface area contributed by atoms with Gasteiger partial charge in [0.25, 0.3) is 11.5 Å². The summed E-state index contributed by atoms with van der Waals surface area (Å²) in [6, 6.07) is 3.72. The number of carbonyl (C=O) groups is 1. The molecule has 28 heavy (non-hydrogen) atoms. The summed E-state index contributed by atoms with van der Waals surface area (Å²) in [7, 11) is 0. The van der Waals surface area contributed by atoms with Gasteiger partial charge in [0.05, 0.1) is 0 Å². The van der Waals surface area contributed by atoms with Crippen molar-refractivity contribution in [2.75, 3.05) is 13.1 Å². The average Bonchev–Trinajstić information content (AvgIpc) is 3.28. The van der Waals surface area contributed by atoms with E-state index in [2.05, 4.69) is 15.2 Å². The van der Waals surface area contributed by atoms with E-state index in [1.807, 2.05) is 17.9 Å². The summed E-state index contributed by atoms with van der Waals surface area (Å²) in [6.07, 6.45) is 4.08. The topological polar surface area (TPSA) is 96.5 Å². The zero-order valence-electron chi connectivity index (χ0n) is 16.1. The van der Waals surface area contributed by atoms with Crippen molar-refractivity contribution in [3.8, 4) is 0 Å². The number of hydrogen-bond donors (Lipinski definition) is 1. The SMILES string of the molecule is Cc1nc2cc([C@H]3CCCN(C(=O)c4cc(C5CC5)on4)C3)[nH]n2c(=O)c1C. The number of fused-ring (bicyclic) bond motifs is 1. The van der Waals surface area contributed by atoms with Crippen LogP contribution >= 0.6 is 0 Å². The van der Waals surface area contributed by atoms with Crippen LogP contribution in [0.3, 0.4) is 0 Å². The Morgan fingerprint density at radius 1 is 1.21 bits per heavy atom. The highest BCUT2D eigenvalue weighted by Gasteiger charge is 2.32. The zero-order chi connectivity index (χ0) is 19.4. The summed E-state index contributed by atoms with van der Waals surface area (Å²) < 4.78 is 6.84. The summed E-state index contributed by atoms with van der Waals surface area (Å²) in [5.74, 6) is 1.31. The molecule has 0 aromatic carbocycles. The number of aromatic nitrogens is 4. The standard InChI is InChI=1S/C20H23N5O3/c1-11-12(2)21-18-9-15(22-25(18)19(11)26)14-4-3-7-24(10-14)20(27)16-8-17(28-23-16)13-5-6-13/h8-9,13-14,22H,3-7,10H2,1-2H3/t14-/m0/s1. The first-order valence-corrected chi connectivity index (χ1v) is 9.86. The molecule has 2 aliphatic rings. The fourth-order valence-corrected chi connectivity index (χ4v) is 3.97. The normalized spacial score (nSPS) is 20.1. The molecule has 5 rings (SSSR count). The minimum Gasteiger partial charge on any atom is -0.360 e. The van der Waals surface area contributed by atoms with Crippen LogP contribution in [0.1, 0.15) is 70.7 Å². The van der Waals surface area contributed by atoms with Gasteiger partial charge < -0.3 is 9.42 Å². The molecule has 0 unspecified atom stereocenters. The molecule has 0 spiro atoms. The van der Waals surface area contributed by atoms with Crippen molar-refractivity contribution in [1.82, 2.24) is 24.7 Å². The quantitative estimate of drug-likeness (QED) is 0.752. The Labute approximate surface area is 161 Å². The zero-order valence-corrected chi connectivity index (χ0v) is 16.1. The van der Waals surface area contributed by atoms with E-state index in [4.69, 9.17) is 4.52 Å². The number of piperidine rings is 1. The van der Waals surface area contributed by atoms with Crippen molar-refractivity contribution in [3.05, 3.63) is 50.9 Å². The molecule has 1 amide bonds. The van der Waals surface area contributed by atoms with E-state index in [0.29, 0.717) is 35.9 Å². The smallest absolute Gasteiger partial charge is 0.276 e.